The van der Waals surface area contributed by atoms with Crippen LogP contribution in [-0.2, 0) is 24.2 Å². The molecule has 1 aliphatic heterocycles. The molecule has 0 saturated carbocycles. The van der Waals surface area contributed by atoms with Gasteiger partial charge in [-0.1, -0.05) is 0 Å². The van der Waals surface area contributed by atoms with Gasteiger partial charge >= 0.3 is 0 Å². The predicted molar refractivity (Wildman–Crippen MR) is 120 cm³/mol. The van der Waals surface area contributed by atoms with Crippen LogP contribution in [0.25, 0.3) is 11.3 Å². The average Bonchev–Trinajstić information content (AvgIpc) is 3.44. The van der Waals surface area contributed by atoms with Crippen LogP contribution in [-0.4, -0.2) is 28.9 Å². The maximum atomic E-state index is 12.9. The molecule has 6 heteroatoms. The number of carbonyl (C=O) groups is 1. The first-order chi connectivity index (χ1) is 14.7. The van der Waals surface area contributed by atoms with Crippen molar-refractivity contribution in [3.05, 3.63) is 58.2 Å². The summed E-state index contributed by atoms with van der Waals surface area (Å²) in [5, 5.41) is 4.32. The molecule has 3 aromatic rings. The average molecular weight is 422 g/mol. The van der Waals surface area contributed by atoms with Crippen LogP contribution >= 0.6 is 11.3 Å². The Hall–Kier alpha value is -2.44. The fourth-order valence-corrected chi connectivity index (χ4v) is 5.68. The van der Waals surface area contributed by atoms with E-state index < -0.39 is 0 Å². The smallest absolute Gasteiger partial charge is 0.228 e. The standard InChI is InChI=1S/C24H27N3O2S/c28-24(25-19-11-9-17(10-12-19)21-7-4-14-29-21)18-5-3-13-27(15-18)16-23-26-20-6-1-2-8-22(20)30-23/h4,7,9-12,14,18H,1-3,5-6,8,13,15-16H2,(H,25,28)/t18-/m0/s1. The highest BCUT2D eigenvalue weighted by atomic mass is 32.1. The van der Waals surface area contributed by atoms with Crippen molar-refractivity contribution < 1.29 is 9.21 Å². The van der Waals surface area contributed by atoms with Gasteiger partial charge in [0, 0.05) is 22.7 Å². The van der Waals surface area contributed by atoms with Crippen LogP contribution in [0.1, 0.15) is 41.3 Å². The van der Waals surface area contributed by atoms with E-state index in [9.17, 15) is 4.79 Å². The van der Waals surface area contributed by atoms with Gasteiger partial charge in [0.2, 0.25) is 5.91 Å². The maximum absolute atomic E-state index is 12.9. The van der Waals surface area contributed by atoms with Gasteiger partial charge in [-0.3, -0.25) is 9.69 Å². The summed E-state index contributed by atoms with van der Waals surface area (Å²) in [6.07, 6.45) is 8.56. The first-order valence-electron chi connectivity index (χ1n) is 10.9. The summed E-state index contributed by atoms with van der Waals surface area (Å²) in [5.74, 6) is 0.974. The summed E-state index contributed by atoms with van der Waals surface area (Å²) in [5.41, 5.74) is 3.17. The number of nitrogens with one attached hydrogen (secondary N) is 1. The highest BCUT2D eigenvalue weighted by Crippen LogP contribution is 2.29. The van der Waals surface area contributed by atoms with E-state index in [0.29, 0.717) is 0 Å². The van der Waals surface area contributed by atoms with Crippen molar-refractivity contribution in [2.45, 2.75) is 45.1 Å². The number of amides is 1. The van der Waals surface area contributed by atoms with E-state index in [1.54, 1.807) is 6.26 Å². The molecular formula is C24H27N3O2S. The zero-order valence-corrected chi connectivity index (χ0v) is 17.9. The number of hydrogen-bond donors (Lipinski definition) is 1. The lowest BCUT2D eigenvalue weighted by Gasteiger charge is -2.31. The molecule has 2 aromatic heterocycles. The Kier molecular flexibility index (Phi) is 5.69. The van der Waals surface area contributed by atoms with E-state index in [1.165, 1.54) is 34.8 Å². The number of anilines is 1. The molecule has 1 aliphatic carbocycles. The molecule has 5 nitrogen and oxygen atoms in total. The molecule has 30 heavy (non-hydrogen) atoms. The molecule has 1 aromatic carbocycles. The number of rotatable bonds is 5. The Morgan fingerprint density at radius 3 is 2.83 bits per heavy atom. The van der Waals surface area contributed by atoms with Crippen molar-refractivity contribution in [2.24, 2.45) is 5.92 Å². The molecule has 0 spiro atoms. The quantitative estimate of drug-likeness (QED) is 0.620. The normalized spacial score (nSPS) is 19.4. The van der Waals surface area contributed by atoms with E-state index in [4.69, 9.17) is 9.40 Å². The number of fused-ring (bicyclic) bond motifs is 1. The van der Waals surface area contributed by atoms with E-state index in [2.05, 4.69) is 10.2 Å². The third kappa shape index (κ3) is 4.35. The first-order valence-corrected chi connectivity index (χ1v) is 11.7. The summed E-state index contributed by atoms with van der Waals surface area (Å²) in [7, 11) is 0. The molecule has 3 heterocycles. The van der Waals surface area contributed by atoms with Gasteiger partial charge in [-0.05, 0) is 81.5 Å². The molecule has 1 N–H and O–H groups in total. The lowest BCUT2D eigenvalue weighted by molar-refractivity contribution is -0.121. The van der Waals surface area contributed by atoms with Crippen LogP contribution in [0.5, 0.6) is 0 Å². The number of aryl methyl sites for hydroxylation is 2. The van der Waals surface area contributed by atoms with Gasteiger partial charge in [0.15, 0.2) is 0 Å². The molecule has 5 rings (SSSR count). The molecule has 0 radical (unpaired) electrons. The minimum absolute atomic E-state index is 0.0260. The van der Waals surface area contributed by atoms with Crippen LogP contribution in [0.4, 0.5) is 5.69 Å². The number of likely N-dealkylation sites (tertiary alicyclic amines) is 1. The van der Waals surface area contributed by atoms with Crippen LogP contribution in [0, 0.1) is 5.92 Å². The monoisotopic (exact) mass is 421 g/mol. The van der Waals surface area contributed by atoms with Gasteiger partial charge in [0.25, 0.3) is 0 Å². The van der Waals surface area contributed by atoms with E-state index in [1.807, 2.05) is 47.7 Å². The third-order valence-electron chi connectivity index (χ3n) is 6.08. The molecule has 2 aliphatic rings. The number of thiazole rings is 1. The number of hydrogen-bond acceptors (Lipinski definition) is 5. The van der Waals surface area contributed by atoms with E-state index in [-0.39, 0.29) is 11.8 Å². The highest BCUT2D eigenvalue weighted by molar-refractivity contribution is 7.11. The topological polar surface area (TPSA) is 58.4 Å². The summed E-state index contributed by atoms with van der Waals surface area (Å²) < 4.78 is 5.43. The lowest BCUT2D eigenvalue weighted by Crippen LogP contribution is -2.40. The number of benzene rings is 1. The van der Waals surface area contributed by atoms with Crippen LogP contribution in [0.3, 0.4) is 0 Å². The Bertz CT molecular complexity index is 971. The van der Waals surface area contributed by atoms with Crippen molar-refractivity contribution in [3.63, 3.8) is 0 Å². The van der Waals surface area contributed by atoms with Gasteiger partial charge in [0.1, 0.15) is 10.8 Å². The molecule has 1 fully saturated rings. The van der Waals surface area contributed by atoms with Crippen LogP contribution in [0.2, 0.25) is 0 Å². The Balaban J connectivity index is 1.18. The van der Waals surface area contributed by atoms with Crippen molar-refractivity contribution in [2.75, 3.05) is 18.4 Å². The van der Waals surface area contributed by atoms with Crippen molar-refractivity contribution in [1.82, 2.24) is 9.88 Å². The zero-order valence-electron chi connectivity index (χ0n) is 17.1. The second kappa shape index (κ2) is 8.74. The minimum atomic E-state index is 0.0260. The largest absolute Gasteiger partial charge is 0.464 e. The number of aromatic nitrogens is 1. The number of nitrogens with zero attached hydrogens (tertiary/aromatic N) is 2. The minimum Gasteiger partial charge on any atom is -0.464 e. The Morgan fingerprint density at radius 1 is 1.17 bits per heavy atom. The van der Waals surface area contributed by atoms with E-state index in [0.717, 1.165) is 55.9 Å². The SMILES string of the molecule is O=C(Nc1ccc(-c2ccco2)cc1)[C@H]1CCCN(Cc2nc3c(s2)CCCC3)C1. The Labute approximate surface area is 181 Å². The van der Waals surface area contributed by atoms with Gasteiger partial charge in [-0.15, -0.1) is 11.3 Å². The van der Waals surface area contributed by atoms with Crippen molar-refractivity contribution in [1.29, 1.82) is 0 Å². The summed E-state index contributed by atoms with van der Waals surface area (Å²) in [6.45, 7) is 2.73. The second-order valence-electron chi connectivity index (χ2n) is 8.30. The summed E-state index contributed by atoms with van der Waals surface area (Å²) in [6, 6.07) is 11.6. The third-order valence-corrected chi connectivity index (χ3v) is 7.23. The molecule has 0 unspecified atom stereocenters. The Morgan fingerprint density at radius 2 is 2.03 bits per heavy atom. The van der Waals surface area contributed by atoms with Gasteiger partial charge in [-0.25, -0.2) is 4.98 Å². The van der Waals surface area contributed by atoms with Crippen molar-refractivity contribution >= 4 is 22.9 Å². The fraction of sp³-hybridized carbons (Fsp3) is 0.417. The van der Waals surface area contributed by atoms with Gasteiger partial charge in [-0.2, -0.15) is 0 Å². The molecule has 1 amide bonds. The molecule has 156 valence electrons. The molecular weight excluding hydrogens is 394 g/mol. The zero-order chi connectivity index (χ0) is 20.3. The molecule has 1 atom stereocenters. The highest BCUT2D eigenvalue weighted by Gasteiger charge is 2.27. The second-order valence-corrected chi connectivity index (χ2v) is 9.47. The summed E-state index contributed by atoms with van der Waals surface area (Å²) >= 11 is 1.88. The predicted octanol–water partition coefficient (Wildman–Crippen LogP) is 5.13. The maximum Gasteiger partial charge on any atom is 0.228 e. The summed E-state index contributed by atoms with van der Waals surface area (Å²) in [4.78, 5) is 21.6. The van der Waals surface area contributed by atoms with Gasteiger partial charge in [0.05, 0.1) is 24.4 Å². The number of carbonyl (C=O) groups excluding carboxylic acids is 1. The lowest BCUT2D eigenvalue weighted by atomic mass is 9.97. The number of furan rings is 1. The van der Waals surface area contributed by atoms with Gasteiger partial charge < -0.3 is 9.73 Å². The fourth-order valence-electron chi connectivity index (χ4n) is 4.48. The van der Waals surface area contributed by atoms with Crippen LogP contribution < -0.4 is 5.32 Å². The van der Waals surface area contributed by atoms with E-state index >= 15 is 0 Å². The number of piperidine rings is 1. The first kappa shape index (κ1) is 19.5. The van der Waals surface area contributed by atoms with Crippen LogP contribution in [0.15, 0.2) is 47.1 Å². The molecule has 1 saturated heterocycles. The molecule has 0 bridgehead atoms. The van der Waals surface area contributed by atoms with Crippen molar-refractivity contribution in [3.8, 4) is 11.3 Å².